The molecule has 0 heterocycles. The molecule has 11 heteroatoms. The van der Waals surface area contributed by atoms with E-state index in [1.807, 2.05) is 0 Å². The van der Waals surface area contributed by atoms with E-state index in [1.54, 1.807) is 48.6 Å². The highest BCUT2D eigenvalue weighted by molar-refractivity contribution is 5.89. The van der Waals surface area contributed by atoms with Crippen LogP contribution in [0.5, 0.6) is 0 Å². The van der Waals surface area contributed by atoms with Gasteiger partial charge in [0.15, 0.2) is 5.96 Å². The van der Waals surface area contributed by atoms with Gasteiger partial charge >= 0.3 is 12.2 Å². The summed E-state index contributed by atoms with van der Waals surface area (Å²) in [7, 11) is 1.78. The summed E-state index contributed by atoms with van der Waals surface area (Å²) in [5, 5.41) is 11.0. The highest BCUT2D eigenvalue weighted by Gasteiger charge is 2.24. The zero-order chi connectivity index (χ0) is 23.4. The zero-order valence-electron chi connectivity index (χ0n) is 19.2. The standard InChI is InChI=1S/C19H38N6O5/c1-18(2,3)29-16(27)24-13(14(26)22-12-11-21-7)9-8-10-23-15(20)25-17(28)30-19(4,5)6/h13,21H,8-12H2,1-7H3,(H,22,26)(H,24,27)(H3,20,23,25,28)/t13-/m0/s1. The lowest BCUT2D eigenvalue weighted by Gasteiger charge is -2.23. The molecule has 0 aliphatic carbocycles. The minimum Gasteiger partial charge on any atom is -0.444 e. The Balaban J connectivity index is 4.67. The van der Waals surface area contributed by atoms with Gasteiger partial charge in [-0.2, -0.15) is 0 Å². The summed E-state index contributed by atoms with van der Waals surface area (Å²) >= 11 is 0. The molecule has 0 saturated carbocycles. The third-order valence-electron chi connectivity index (χ3n) is 3.26. The van der Waals surface area contributed by atoms with Gasteiger partial charge in [-0.05, 0) is 61.4 Å². The first-order valence-corrected chi connectivity index (χ1v) is 9.96. The topological polar surface area (TPSA) is 156 Å². The van der Waals surface area contributed by atoms with E-state index in [4.69, 9.17) is 15.2 Å². The van der Waals surface area contributed by atoms with Crippen LogP contribution in [0.1, 0.15) is 54.4 Å². The molecule has 174 valence electrons. The maximum atomic E-state index is 12.4. The second kappa shape index (κ2) is 12.9. The highest BCUT2D eigenvalue weighted by atomic mass is 16.6. The van der Waals surface area contributed by atoms with Gasteiger partial charge in [0.2, 0.25) is 5.91 Å². The molecule has 0 saturated heterocycles. The number of ether oxygens (including phenoxy) is 2. The molecule has 0 aliphatic heterocycles. The van der Waals surface area contributed by atoms with Crippen molar-refractivity contribution in [3.8, 4) is 0 Å². The molecular formula is C19H38N6O5. The maximum absolute atomic E-state index is 12.4. The van der Waals surface area contributed by atoms with E-state index >= 15 is 0 Å². The molecule has 3 amide bonds. The minimum absolute atomic E-state index is 0.0839. The summed E-state index contributed by atoms with van der Waals surface area (Å²) < 4.78 is 10.3. The quantitative estimate of drug-likeness (QED) is 0.205. The average molecular weight is 431 g/mol. The van der Waals surface area contributed by atoms with Gasteiger partial charge in [-0.25, -0.2) is 9.59 Å². The molecule has 0 aromatic rings. The van der Waals surface area contributed by atoms with Gasteiger partial charge in [0.05, 0.1) is 0 Å². The number of amides is 3. The van der Waals surface area contributed by atoms with Gasteiger partial charge in [-0.15, -0.1) is 4.99 Å². The summed E-state index contributed by atoms with van der Waals surface area (Å²) in [6.07, 6.45) is -0.655. The molecule has 0 fully saturated rings. The normalized spacial score (nSPS) is 13.2. The van der Waals surface area contributed by atoms with Crippen LogP contribution in [-0.2, 0) is 14.3 Å². The minimum atomic E-state index is -0.791. The molecule has 0 bridgehead atoms. The van der Waals surface area contributed by atoms with Crippen LogP contribution < -0.4 is 27.0 Å². The fourth-order valence-electron chi connectivity index (χ4n) is 2.10. The number of guanidine groups is 1. The molecule has 0 rings (SSSR count). The predicted molar refractivity (Wildman–Crippen MR) is 115 cm³/mol. The van der Waals surface area contributed by atoms with Crippen LogP contribution in [0, 0.1) is 0 Å². The number of hydrogen-bond donors (Lipinski definition) is 5. The van der Waals surface area contributed by atoms with Crippen LogP contribution in [0.25, 0.3) is 0 Å². The van der Waals surface area contributed by atoms with Crippen molar-refractivity contribution in [1.82, 2.24) is 21.3 Å². The van der Waals surface area contributed by atoms with E-state index in [0.29, 0.717) is 32.5 Å². The van der Waals surface area contributed by atoms with Crippen molar-refractivity contribution in [1.29, 1.82) is 0 Å². The first-order valence-electron chi connectivity index (χ1n) is 9.96. The number of nitrogens with one attached hydrogen (secondary N) is 4. The summed E-state index contributed by atoms with van der Waals surface area (Å²) in [6.45, 7) is 11.8. The lowest BCUT2D eigenvalue weighted by atomic mass is 10.1. The van der Waals surface area contributed by atoms with Crippen LogP contribution in [-0.4, -0.2) is 68.0 Å². The Morgan fingerprint density at radius 1 is 0.933 bits per heavy atom. The Kier molecular flexibility index (Phi) is 11.8. The number of carbonyl (C=O) groups is 3. The monoisotopic (exact) mass is 430 g/mol. The number of alkyl carbamates (subject to hydrolysis) is 1. The van der Waals surface area contributed by atoms with E-state index in [1.165, 1.54) is 0 Å². The van der Waals surface area contributed by atoms with Crippen molar-refractivity contribution < 1.29 is 23.9 Å². The van der Waals surface area contributed by atoms with E-state index in [0.717, 1.165) is 0 Å². The van der Waals surface area contributed by atoms with E-state index in [-0.39, 0.29) is 11.9 Å². The van der Waals surface area contributed by atoms with Gasteiger partial charge in [-0.1, -0.05) is 0 Å². The summed E-state index contributed by atoms with van der Waals surface area (Å²) in [5.41, 5.74) is 4.32. The molecule has 11 nitrogen and oxygen atoms in total. The zero-order valence-corrected chi connectivity index (χ0v) is 19.2. The van der Waals surface area contributed by atoms with Gasteiger partial charge in [-0.3, -0.25) is 4.79 Å². The first-order chi connectivity index (χ1) is 13.7. The fourth-order valence-corrected chi connectivity index (χ4v) is 2.10. The van der Waals surface area contributed by atoms with Crippen molar-refractivity contribution in [2.75, 3.05) is 26.7 Å². The molecule has 0 unspecified atom stereocenters. The highest BCUT2D eigenvalue weighted by Crippen LogP contribution is 2.08. The molecule has 30 heavy (non-hydrogen) atoms. The Bertz CT molecular complexity index is 595. The lowest BCUT2D eigenvalue weighted by molar-refractivity contribution is -0.123. The fraction of sp³-hybridized carbons (Fsp3) is 0.789. The van der Waals surface area contributed by atoms with Crippen molar-refractivity contribution in [3.05, 3.63) is 0 Å². The molecule has 0 aromatic heterocycles. The molecular weight excluding hydrogens is 392 g/mol. The average Bonchev–Trinajstić information content (AvgIpc) is 2.54. The SMILES string of the molecule is CNCCNC(=O)[C@H](CCCN/C(N)=N\C(=O)OC(C)(C)C)NC(=O)OC(C)(C)C. The van der Waals surface area contributed by atoms with Crippen molar-refractivity contribution >= 4 is 24.1 Å². The van der Waals surface area contributed by atoms with Crippen LogP contribution in [0.2, 0.25) is 0 Å². The third-order valence-corrected chi connectivity index (χ3v) is 3.26. The first kappa shape index (κ1) is 27.4. The second-order valence-corrected chi connectivity index (χ2v) is 8.64. The number of aliphatic imine (C=N–C) groups is 1. The van der Waals surface area contributed by atoms with Crippen molar-refractivity contribution in [2.24, 2.45) is 10.7 Å². The number of likely N-dealkylation sites (N-methyl/N-ethyl adjacent to an activating group) is 1. The number of rotatable bonds is 9. The molecule has 6 N–H and O–H groups in total. The van der Waals surface area contributed by atoms with Crippen LogP contribution >= 0.6 is 0 Å². The summed E-state index contributed by atoms with van der Waals surface area (Å²) in [5.74, 6) is -0.397. The molecule has 0 radical (unpaired) electrons. The van der Waals surface area contributed by atoms with E-state index in [2.05, 4.69) is 26.3 Å². The van der Waals surface area contributed by atoms with Crippen LogP contribution in [0.15, 0.2) is 4.99 Å². The number of nitrogens with two attached hydrogens (primary N) is 1. The Labute approximate surface area is 178 Å². The predicted octanol–water partition coefficient (Wildman–Crippen LogP) is 0.835. The number of carbonyl (C=O) groups excluding carboxylic acids is 3. The third kappa shape index (κ3) is 15.4. The van der Waals surface area contributed by atoms with Gasteiger partial charge in [0.1, 0.15) is 17.2 Å². The largest absolute Gasteiger partial charge is 0.444 e. The Hall–Kier alpha value is -2.56. The Morgan fingerprint density at radius 3 is 2.07 bits per heavy atom. The summed E-state index contributed by atoms with van der Waals surface area (Å²) in [4.78, 5) is 39.6. The Morgan fingerprint density at radius 2 is 1.53 bits per heavy atom. The van der Waals surface area contributed by atoms with Crippen molar-refractivity contribution in [2.45, 2.75) is 71.6 Å². The van der Waals surface area contributed by atoms with Gasteiger partial charge in [0, 0.05) is 19.6 Å². The van der Waals surface area contributed by atoms with E-state index < -0.39 is 29.4 Å². The lowest BCUT2D eigenvalue weighted by Crippen LogP contribution is -2.49. The smallest absolute Gasteiger partial charge is 0.437 e. The van der Waals surface area contributed by atoms with Crippen LogP contribution in [0.3, 0.4) is 0 Å². The van der Waals surface area contributed by atoms with Gasteiger partial charge < -0.3 is 36.5 Å². The second-order valence-electron chi connectivity index (χ2n) is 8.64. The van der Waals surface area contributed by atoms with Crippen LogP contribution in [0.4, 0.5) is 9.59 Å². The molecule has 0 spiro atoms. The molecule has 1 atom stereocenters. The number of hydrogen-bond acceptors (Lipinski definition) is 6. The number of nitrogens with zero attached hydrogens (tertiary/aromatic N) is 1. The molecule has 0 aromatic carbocycles. The van der Waals surface area contributed by atoms with Gasteiger partial charge in [0.25, 0.3) is 0 Å². The summed E-state index contributed by atoms with van der Waals surface area (Å²) in [6, 6.07) is -0.775. The van der Waals surface area contributed by atoms with E-state index in [9.17, 15) is 14.4 Å². The van der Waals surface area contributed by atoms with Crippen molar-refractivity contribution in [3.63, 3.8) is 0 Å². The molecule has 0 aliphatic rings. The maximum Gasteiger partial charge on any atom is 0.437 e.